The van der Waals surface area contributed by atoms with Crippen molar-refractivity contribution in [3.63, 3.8) is 0 Å². The number of unbranched alkanes of at least 4 members (excludes halogenated alkanes) is 3. The molecule has 17 heavy (non-hydrogen) atoms. The van der Waals surface area contributed by atoms with Crippen LogP contribution in [0.4, 0.5) is 0 Å². The van der Waals surface area contributed by atoms with Gasteiger partial charge in [0.25, 0.3) is 0 Å². The van der Waals surface area contributed by atoms with Crippen LogP contribution < -0.4 is 0 Å². The van der Waals surface area contributed by atoms with Gasteiger partial charge in [0.15, 0.2) is 0 Å². The molecular weight excluding hydrogens is 254 g/mol. The zero-order valence-corrected chi connectivity index (χ0v) is 13.3. The maximum Gasteiger partial charge on any atom is 0.692 e. The van der Waals surface area contributed by atoms with Gasteiger partial charge in [0.1, 0.15) is 0 Å². The molecule has 0 aromatic heterocycles. The molecule has 0 aromatic carbocycles. The molecule has 0 aliphatic heterocycles. The summed E-state index contributed by atoms with van der Waals surface area (Å²) in [5, 5.41) is 0. The minimum atomic E-state index is -2.87. The molecule has 2 N–H and O–H groups in total. The molecule has 5 heteroatoms. The molecule has 0 saturated heterocycles. The largest absolute Gasteiger partial charge is 0.692 e. The molecule has 0 radical (unpaired) electrons. The summed E-state index contributed by atoms with van der Waals surface area (Å²) in [5.74, 6) is 0. The van der Waals surface area contributed by atoms with Gasteiger partial charge in [-0.1, -0.05) is 40.0 Å². The molecule has 0 atom stereocenters. The van der Waals surface area contributed by atoms with E-state index >= 15 is 0 Å². The SMILES string of the molecule is CCCCP(CCCC)CCCC.O=[P+](O)O. The van der Waals surface area contributed by atoms with Gasteiger partial charge in [0.2, 0.25) is 0 Å². The minimum Gasteiger partial charge on any atom is -0.134 e. The first-order chi connectivity index (χ1) is 8.08. The average molecular weight is 283 g/mol. The number of rotatable bonds is 9. The maximum absolute atomic E-state index is 8.70. The molecule has 0 aliphatic rings. The van der Waals surface area contributed by atoms with Crippen molar-refractivity contribution in [3.8, 4) is 0 Å². The van der Waals surface area contributed by atoms with Crippen LogP contribution in [0.25, 0.3) is 0 Å². The van der Waals surface area contributed by atoms with Crippen LogP contribution >= 0.6 is 16.2 Å². The summed E-state index contributed by atoms with van der Waals surface area (Å²) in [6, 6.07) is 0. The molecule has 0 fully saturated rings. The maximum atomic E-state index is 8.70. The fourth-order valence-corrected chi connectivity index (χ4v) is 4.44. The molecular formula is C12H29O3P2+. The normalized spacial score (nSPS) is 10.0. The Kier molecular flexibility index (Phi) is 19.1. The minimum absolute atomic E-state index is 0.422. The summed E-state index contributed by atoms with van der Waals surface area (Å²) in [6.45, 7) is 6.94. The highest BCUT2D eigenvalue weighted by Gasteiger charge is 2.05. The van der Waals surface area contributed by atoms with Gasteiger partial charge in [0, 0.05) is 4.57 Å². The van der Waals surface area contributed by atoms with Gasteiger partial charge in [-0.3, -0.25) is 0 Å². The van der Waals surface area contributed by atoms with Crippen LogP contribution in [0.2, 0.25) is 0 Å². The molecule has 0 amide bonds. The van der Waals surface area contributed by atoms with Crippen LogP contribution in [-0.4, -0.2) is 28.3 Å². The second-order valence-electron chi connectivity index (χ2n) is 4.16. The zero-order valence-electron chi connectivity index (χ0n) is 11.6. The molecule has 104 valence electrons. The van der Waals surface area contributed by atoms with E-state index in [0.29, 0.717) is 7.92 Å². The Balaban J connectivity index is 0. The highest BCUT2D eigenvalue weighted by Crippen LogP contribution is 2.38. The summed E-state index contributed by atoms with van der Waals surface area (Å²) in [5.41, 5.74) is 0. The second-order valence-corrected chi connectivity index (χ2v) is 7.34. The Bertz CT molecular complexity index is 143. The monoisotopic (exact) mass is 283 g/mol. The lowest BCUT2D eigenvalue weighted by Crippen LogP contribution is -1.95. The topological polar surface area (TPSA) is 57.5 Å². The van der Waals surface area contributed by atoms with E-state index in [2.05, 4.69) is 20.8 Å². The van der Waals surface area contributed by atoms with E-state index in [4.69, 9.17) is 14.4 Å². The third-order valence-electron chi connectivity index (χ3n) is 2.48. The van der Waals surface area contributed by atoms with Gasteiger partial charge in [-0.25, -0.2) is 0 Å². The van der Waals surface area contributed by atoms with Crippen LogP contribution in [-0.2, 0) is 4.57 Å². The average Bonchev–Trinajstić information content (AvgIpc) is 2.27. The zero-order chi connectivity index (χ0) is 13.5. The molecule has 0 saturated carbocycles. The smallest absolute Gasteiger partial charge is 0.134 e. The third kappa shape index (κ3) is 22.2. The Hall–Kier alpha value is 0.450. The van der Waals surface area contributed by atoms with Gasteiger partial charge < -0.3 is 0 Å². The van der Waals surface area contributed by atoms with E-state index in [1.165, 1.54) is 38.5 Å². The summed E-state index contributed by atoms with van der Waals surface area (Å²) in [6.07, 6.45) is 13.2. The van der Waals surface area contributed by atoms with Crippen LogP contribution in [0.15, 0.2) is 0 Å². The standard InChI is InChI=1S/C12H27P.HO3P/c1-4-7-10-13(11-8-5-2)12-9-6-3;1-4(2)3/h4-12H2,1-3H3;(H-,1,2,3)/p+1. The van der Waals surface area contributed by atoms with Crippen molar-refractivity contribution >= 4 is 16.2 Å². The molecule has 0 rings (SSSR count). The van der Waals surface area contributed by atoms with Crippen molar-refractivity contribution in [2.24, 2.45) is 0 Å². The first kappa shape index (κ1) is 19.8. The van der Waals surface area contributed by atoms with E-state index in [9.17, 15) is 0 Å². The van der Waals surface area contributed by atoms with Gasteiger partial charge >= 0.3 is 8.25 Å². The van der Waals surface area contributed by atoms with E-state index in [-0.39, 0.29) is 0 Å². The summed E-state index contributed by atoms with van der Waals surface area (Å²) in [7, 11) is -2.45. The molecule has 0 bridgehead atoms. The van der Waals surface area contributed by atoms with Crippen LogP contribution in [0.3, 0.4) is 0 Å². The van der Waals surface area contributed by atoms with Crippen LogP contribution in [0, 0.1) is 0 Å². The predicted molar refractivity (Wildman–Crippen MR) is 78.3 cm³/mol. The van der Waals surface area contributed by atoms with E-state index in [0.717, 1.165) is 0 Å². The van der Waals surface area contributed by atoms with Gasteiger partial charge in [0.05, 0.1) is 0 Å². The number of hydrogen-bond donors (Lipinski definition) is 2. The first-order valence-electron chi connectivity index (χ1n) is 6.65. The highest BCUT2D eigenvalue weighted by molar-refractivity contribution is 7.57. The van der Waals surface area contributed by atoms with Gasteiger partial charge in [-0.2, -0.15) is 0 Å². The molecule has 3 nitrogen and oxygen atoms in total. The van der Waals surface area contributed by atoms with Crippen molar-refractivity contribution in [2.75, 3.05) is 18.5 Å². The lowest BCUT2D eigenvalue weighted by molar-refractivity contribution is 0.405. The van der Waals surface area contributed by atoms with Crippen molar-refractivity contribution in [2.45, 2.75) is 59.3 Å². The van der Waals surface area contributed by atoms with Crippen molar-refractivity contribution in [3.05, 3.63) is 0 Å². The van der Waals surface area contributed by atoms with Gasteiger partial charge in [-0.05, 0) is 37.7 Å². The highest BCUT2D eigenvalue weighted by atomic mass is 31.1. The Morgan fingerprint density at radius 1 is 0.824 bits per heavy atom. The molecule has 0 aliphatic carbocycles. The molecule has 0 heterocycles. The molecule has 0 unspecified atom stereocenters. The Labute approximate surface area is 109 Å². The van der Waals surface area contributed by atoms with Gasteiger partial charge in [-0.15, -0.1) is 17.7 Å². The Morgan fingerprint density at radius 2 is 1.06 bits per heavy atom. The van der Waals surface area contributed by atoms with E-state index < -0.39 is 8.25 Å². The fraction of sp³-hybridized carbons (Fsp3) is 1.00. The summed E-state index contributed by atoms with van der Waals surface area (Å²) >= 11 is 0. The van der Waals surface area contributed by atoms with Crippen molar-refractivity contribution in [1.29, 1.82) is 0 Å². The quantitative estimate of drug-likeness (QED) is 0.613. The first-order valence-corrected chi connectivity index (χ1v) is 9.72. The van der Waals surface area contributed by atoms with Crippen molar-refractivity contribution < 1.29 is 14.4 Å². The number of hydrogen-bond acceptors (Lipinski definition) is 1. The van der Waals surface area contributed by atoms with E-state index in [1.54, 1.807) is 18.5 Å². The third-order valence-corrected chi connectivity index (χ3v) is 5.33. The summed E-state index contributed by atoms with van der Waals surface area (Å²) < 4.78 is 8.70. The Morgan fingerprint density at radius 3 is 1.24 bits per heavy atom. The lowest BCUT2D eigenvalue weighted by atomic mass is 10.4. The fourth-order valence-electron chi connectivity index (χ4n) is 1.48. The predicted octanol–water partition coefficient (Wildman–Crippen LogP) is 4.50. The second kappa shape index (κ2) is 16.4. The van der Waals surface area contributed by atoms with Crippen LogP contribution in [0.1, 0.15) is 59.3 Å². The van der Waals surface area contributed by atoms with Crippen molar-refractivity contribution in [1.82, 2.24) is 0 Å². The lowest BCUT2D eigenvalue weighted by Gasteiger charge is -2.16. The molecule has 0 spiro atoms. The summed E-state index contributed by atoms with van der Waals surface area (Å²) in [4.78, 5) is 14.2. The van der Waals surface area contributed by atoms with E-state index in [1.807, 2.05) is 0 Å². The molecule has 0 aromatic rings. The van der Waals surface area contributed by atoms with Crippen LogP contribution in [0.5, 0.6) is 0 Å².